The maximum absolute atomic E-state index is 12.5. The molecule has 7 heteroatoms. The molecule has 1 aromatic heterocycles. The van der Waals surface area contributed by atoms with Gasteiger partial charge in [-0.2, -0.15) is 0 Å². The lowest BCUT2D eigenvalue weighted by molar-refractivity contribution is 0.0382. The molecule has 0 aliphatic carbocycles. The largest absolute Gasteiger partial charge is 0.379 e. The van der Waals surface area contributed by atoms with E-state index in [0.717, 1.165) is 56.1 Å². The molecule has 1 amide bonds. The molecule has 0 saturated carbocycles. The molecule has 2 heterocycles. The molecule has 4 rings (SSSR count). The van der Waals surface area contributed by atoms with Crippen LogP contribution >= 0.6 is 11.6 Å². The molecule has 146 valence electrons. The van der Waals surface area contributed by atoms with Crippen molar-refractivity contribution in [1.29, 1.82) is 0 Å². The van der Waals surface area contributed by atoms with Crippen molar-refractivity contribution in [3.05, 3.63) is 58.9 Å². The number of aromatic nitrogens is 2. The van der Waals surface area contributed by atoms with Gasteiger partial charge in [-0.15, -0.1) is 0 Å². The van der Waals surface area contributed by atoms with E-state index in [2.05, 4.69) is 14.8 Å². The molecule has 1 aliphatic rings. The Morgan fingerprint density at radius 2 is 2.00 bits per heavy atom. The summed E-state index contributed by atoms with van der Waals surface area (Å²) in [6.07, 6.45) is 0.881. The number of carbonyl (C=O) groups is 1. The molecule has 0 unspecified atom stereocenters. The quantitative estimate of drug-likeness (QED) is 0.716. The standard InChI is InChI=1S/C21H23ClN4O2/c1-25-19-7-6-15(23-21(27)16-4-2-3-5-17(16)22)14-18(19)24-20(25)8-9-26-10-12-28-13-11-26/h2-7,14H,8-13H2,1H3,(H,23,27). The molecule has 1 fully saturated rings. The monoisotopic (exact) mass is 398 g/mol. The smallest absolute Gasteiger partial charge is 0.257 e. The zero-order valence-electron chi connectivity index (χ0n) is 15.8. The first-order chi connectivity index (χ1) is 13.6. The van der Waals surface area contributed by atoms with Crippen LogP contribution in [0.3, 0.4) is 0 Å². The summed E-state index contributed by atoms with van der Waals surface area (Å²) in [4.78, 5) is 19.7. The number of morpholine rings is 1. The van der Waals surface area contributed by atoms with Gasteiger partial charge in [-0.05, 0) is 30.3 Å². The fraction of sp³-hybridized carbons (Fsp3) is 0.333. The van der Waals surface area contributed by atoms with Crippen molar-refractivity contribution in [2.75, 3.05) is 38.2 Å². The Labute approximate surface area is 169 Å². The molecule has 0 atom stereocenters. The van der Waals surface area contributed by atoms with E-state index in [0.29, 0.717) is 16.3 Å². The molecule has 0 bridgehead atoms. The summed E-state index contributed by atoms with van der Waals surface area (Å²) in [5.74, 6) is 0.810. The lowest BCUT2D eigenvalue weighted by atomic mass is 10.2. The minimum absolute atomic E-state index is 0.228. The number of hydrogen-bond acceptors (Lipinski definition) is 4. The molecule has 0 radical (unpaired) electrons. The number of nitrogens with one attached hydrogen (secondary N) is 1. The molecular formula is C21H23ClN4O2. The van der Waals surface area contributed by atoms with E-state index in [1.54, 1.807) is 24.3 Å². The number of nitrogens with zero attached hydrogens (tertiary/aromatic N) is 3. The van der Waals surface area contributed by atoms with Crippen molar-refractivity contribution in [2.24, 2.45) is 7.05 Å². The number of halogens is 1. The SMILES string of the molecule is Cn1c(CCN2CCOCC2)nc2cc(NC(=O)c3ccccc3Cl)ccc21. The number of hydrogen-bond donors (Lipinski definition) is 1. The molecule has 2 aromatic carbocycles. The Balaban J connectivity index is 1.49. The lowest BCUT2D eigenvalue weighted by Gasteiger charge is -2.26. The molecule has 0 spiro atoms. The Morgan fingerprint density at radius 3 is 2.79 bits per heavy atom. The van der Waals surface area contributed by atoms with Crippen LogP contribution in [0, 0.1) is 0 Å². The van der Waals surface area contributed by atoms with Crippen LogP contribution < -0.4 is 5.32 Å². The Morgan fingerprint density at radius 1 is 1.21 bits per heavy atom. The number of fused-ring (bicyclic) bond motifs is 1. The average Bonchev–Trinajstić information content (AvgIpc) is 3.02. The van der Waals surface area contributed by atoms with Crippen LogP contribution in [-0.4, -0.2) is 53.2 Å². The molecule has 1 aliphatic heterocycles. The fourth-order valence-corrected chi connectivity index (χ4v) is 3.70. The maximum atomic E-state index is 12.5. The van der Waals surface area contributed by atoms with Gasteiger partial charge < -0.3 is 14.6 Å². The second kappa shape index (κ2) is 8.31. The lowest BCUT2D eigenvalue weighted by Crippen LogP contribution is -2.37. The van der Waals surface area contributed by atoms with Gasteiger partial charge in [0.1, 0.15) is 5.82 Å². The zero-order valence-corrected chi connectivity index (χ0v) is 16.6. The number of anilines is 1. The van der Waals surface area contributed by atoms with Gasteiger partial charge in [0.15, 0.2) is 0 Å². The third-order valence-corrected chi connectivity index (χ3v) is 5.43. The minimum atomic E-state index is -0.228. The number of ether oxygens (including phenoxy) is 1. The summed E-state index contributed by atoms with van der Waals surface area (Å²) in [5.41, 5.74) is 3.08. The topological polar surface area (TPSA) is 59.4 Å². The first-order valence-electron chi connectivity index (χ1n) is 9.43. The van der Waals surface area contributed by atoms with Gasteiger partial charge in [-0.25, -0.2) is 4.98 Å². The first-order valence-corrected chi connectivity index (χ1v) is 9.81. The van der Waals surface area contributed by atoms with Gasteiger partial charge in [-0.3, -0.25) is 9.69 Å². The summed E-state index contributed by atoms with van der Waals surface area (Å²) >= 11 is 6.11. The third-order valence-electron chi connectivity index (χ3n) is 5.11. The summed E-state index contributed by atoms with van der Waals surface area (Å²) < 4.78 is 7.52. The molecular weight excluding hydrogens is 376 g/mol. The Bertz CT molecular complexity index is 995. The highest BCUT2D eigenvalue weighted by molar-refractivity contribution is 6.34. The van der Waals surface area contributed by atoms with Gasteiger partial charge in [-0.1, -0.05) is 23.7 Å². The minimum Gasteiger partial charge on any atom is -0.379 e. The van der Waals surface area contributed by atoms with Crippen molar-refractivity contribution >= 4 is 34.2 Å². The molecule has 28 heavy (non-hydrogen) atoms. The average molecular weight is 399 g/mol. The Hall–Kier alpha value is -2.41. The first kappa shape index (κ1) is 18.9. The highest BCUT2D eigenvalue weighted by atomic mass is 35.5. The number of aryl methyl sites for hydroxylation is 1. The van der Waals surface area contributed by atoms with Gasteiger partial charge in [0.05, 0.1) is 34.8 Å². The van der Waals surface area contributed by atoms with Crippen molar-refractivity contribution in [2.45, 2.75) is 6.42 Å². The highest BCUT2D eigenvalue weighted by Crippen LogP contribution is 2.22. The molecule has 6 nitrogen and oxygen atoms in total. The van der Waals surface area contributed by atoms with Gasteiger partial charge in [0.2, 0.25) is 0 Å². The normalized spacial score (nSPS) is 15.1. The van der Waals surface area contributed by atoms with Gasteiger partial charge >= 0.3 is 0 Å². The summed E-state index contributed by atoms with van der Waals surface area (Å²) in [7, 11) is 2.03. The third kappa shape index (κ3) is 4.04. The van der Waals surface area contributed by atoms with Crippen molar-refractivity contribution in [3.8, 4) is 0 Å². The van der Waals surface area contributed by atoms with Crippen LogP contribution in [0.4, 0.5) is 5.69 Å². The summed E-state index contributed by atoms with van der Waals surface area (Å²) in [5, 5.41) is 3.34. The van der Waals surface area contributed by atoms with Crippen LogP contribution in [0.5, 0.6) is 0 Å². The van der Waals surface area contributed by atoms with Crippen molar-refractivity contribution in [1.82, 2.24) is 14.5 Å². The zero-order chi connectivity index (χ0) is 19.5. The molecule has 3 aromatic rings. The van der Waals surface area contributed by atoms with Crippen molar-refractivity contribution < 1.29 is 9.53 Å². The van der Waals surface area contributed by atoms with Crippen LogP contribution in [-0.2, 0) is 18.2 Å². The highest BCUT2D eigenvalue weighted by Gasteiger charge is 2.14. The van der Waals surface area contributed by atoms with Crippen LogP contribution in [0.25, 0.3) is 11.0 Å². The maximum Gasteiger partial charge on any atom is 0.257 e. The fourth-order valence-electron chi connectivity index (χ4n) is 3.48. The predicted molar refractivity (Wildman–Crippen MR) is 111 cm³/mol. The van der Waals surface area contributed by atoms with E-state index in [1.165, 1.54) is 0 Å². The van der Waals surface area contributed by atoms with E-state index < -0.39 is 0 Å². The number of carbonyl (C=O) groups excluding carboxylic acids is 1. The Kier molecular flexibility index (Phi) is 5.62. The van der Waals surface area contributed by atoms with E-state index in [1.807, 2.05) is 25.2 Å². The van der Waals surface area contributed by atoms with Crippen LogP contribution in [0.2, 0.25) is 5.02 Å². The van der Waals surface area contributed by atoms with Crippen molar-refractivity contribution in [3.63, 3.8) is 0 Å². The number of benzene rings is 2. The van der Waals surface area contributed by atoms with Gasteiger partial charge in [0.25, 0.3) is 5.91 Å². The molecule has 1 N–H and O–H groups in total. The predicted octanol–water partition coefficient (Wildman–Crippen LogP) is 3.35. The van der Waals surface area contributed by atoms with Gasteiger partial charge in [0, 0.05) is 38.8 Å². The van der Waals surface area contributed by atoms with E-state index >= 15 is 0 Å². The second-order valence-corrected chi connectivity index (χ2v) is 7.34. The summed E-state index contributed by atoms with van der Waals surface area (Å²) in [6.45, 7) is 4.52. The van der Waals surface area contributed by atoms with E-state index in [-0.39, 0.29) is 5.91 Å². The molecule has 1 saturated heterocycles. The van der Waals surface area contributed by atoms with E-state index in [4.69, 9.17) is 21.3 Å². The number of imidazole rings is 1. The second-order valence-electron chi connectivity index (χ2n) is 6.93. The summed E-state index contributed by atoms with van der Waals surface area (Å²) in [6, 6.07) is 12.8. The number of rotatable bonds is 5. The number of amides is 1. The van der Waals surface area contributed by atoms with Crippen LogP contribution in [0.1, 0.15) is 16.2 Å². The van der Waals surface area contributed by atoms with Crippen LogP contribution in [0.15, 0.2) is 42.5 Å². The van der Waals surface area contributed by atoms with E-state index in [9.17, 15) is 4.79 Å².